The summed E-state index contributed by atoms with van der Waals surface area (Å²) in [5.74, 6) is -1.61. The number of nitrogens with zero attached hydrogens (tertiary/aromatic N) is 5. The number of aromatic nitrogens is 4. The summed E-state index contributed by atoms with van der Waals surface area (Å²) in [6.07, 6.45) is 1.70. The Morgan fingerprint density at radius 1 is 1.26 bits per heavy atom. The number of carboxylic acids is 1. The van der Waals surface area contributed by atoms with Gasteiger partial charge in [-0.1, -0.05) is 11.3 Å². The van der Waals surface area contributed by atoms with Crippen LogP contribution in [-0.4, -0.2) is 68.7 Å². The average molecular weight is 369 g/mol. The third-order valence-corrected chi connectivity index (χ3v) is 4.13. The van der Waals surface area contributed by atoms with Gasteiger partial charge in [-0.15, -0.1) is 5.10 Å². The zero-order chi connectivity index (χ0) is 19.4. The first kappa shape index (κ1) is 18.5. The smallest absolute Gasteiger partial charge is 0.323 e. The number of fused-ring (bicyclic) bond motifs is 1. The molecule has 2 heterocycles. The number of pyridine rings is 1. The van der Waals surface area contributed by atoms with E-state index in [1.807, 2.05) is 30.3 Å². The molecule has 0 fully saturated rings. The second kappa shape index (κ2) is 7.92. The Balaban J connectivity index is 1.98. The first-order valence-electron chi connectivity index (χ1n) is 8.29. The van der Waals surface area contributed by atoms with Crippen molar-refractivity contribution in [1.29, 1.82) is 0 Å². The molecule has 9 heteroatoms. The molecule has 0 bridgehead atoms. The highest BCUT2D eigenvalue weighted by Gasteiger charge is 2.25. The molecule has 1 amide bonds. The normalized spacial score (nSPS) is 10.9. The molecule has 9 nitrogen and oxygen atoms in total. The second-order valence-electron chi connectivity index (χ2n) is 5.90. The van der Waals surface area contributed by atoms with E-state index in [0.29, 0.717) is 5.69 Å². The topological polar surface area (TPSA) is 110 Å². The number of carbonyl (C=O) groups is 2. The van der Waals surface area contributed by atoms with E-state index in [1.165, 1.54) is 12.0 Å². The van der Waals surface area contributed by atoms with Crippen LogP contribution in [-0.2, 0) is 9.53 Å². The Hall–Kier alpha value is -3.33. The van der Waals surface area contributed by atoms with Crippen molar-refractivity contribution in [2.24, 2.45) is 0 Å². The third kappa shape index (κ3) is 3.77. The molecule has 0 atom stereocenters. The van der Waals surface area contributed by atoms with Gasteiger partial charge in [-0.05, 0) is 31.2 Å². The number of rotatable bonds is 7. The standard InChI is InChI=1S/C18H19N5O4/c1-12-17(18(26)22(9-10-27-2)11-16(24)25)20-21-23(12)15-7-3-6-14-13(15)5-4-8-19-14/h3-8H,9-11H2,1-2H3,(H,24,25). The van der Waals surface area contributed by atoms with E-state index in [9.17, 15) is 9.59 Å². The van der Waals surface area contributed by atoms with Crippen LogP contribution in [0.1, 0.15) is 16.2 Å². The van der Waals surface area contributed by atoms with Gasteiger partial charge in [0.2, 0.25) is 0 Å². The number of amides is 1. The summed E-state index contributed by atoms with van der Waals surface area (Å²) in [7, 11) is 1.49. The molecular weight excluding hydrogens is 350 g/mol. The van der Waals surface area contributed by atoms with Crippen LogP contribution in [0.5, 0.6) is 0 Å². The predicted molar refractivity (Wildman–Crippen MR) is 96.8 cm³/mol. The number of carboxylic acid groups (broad SMARTS) is 1. The molecule has 0 saturated heterocycles. The van der Waals surface area contributed by atoms with E-state index in [0.717, 1.165) is 16.6 Å². The highest BCUT2D eigenvalue weighted by Crippen LogP contribution is 2.22. The van der Waals surface area contributed by atoms with Crippen LogP contribution in [0.2, 0.25) is 0 Å². The lowest BCUT2D eigenvalue weighted by Crippen LogP contribution is -2.38. The molecule has 0 saturated carbocycles. The maximum Gasteiger partial charge on any atom is 0.323 e. The summed E-state index contributed by atoms with van der Waals surface area (Å²) in [6, 6.07) is 9.33. The molecule has 2 aromatic heterocycles. The van der Waals surface area contributed by atoms with E-state index in [1.54, 1.807) is 17.8 Å². The first-order chi connectivity index (χ1) is 13.0. The maximum absolute atomic E-state index is 12.8. The van der Waals surface area contributed by atoms with Crippen molar-refractivity contribution < 1.29 is 19.4 Å². The molecule has 3 rings (SSSR count). The van der Waals surface area contributed by atoms with E-state index in [-0.39, 0.29) is 18.8 Å². The minimum atomic E-state index is -1.11. The lowest BCUT2D eigenvalue weighted by molar-refractivity contribution is -0.137. The zero-order valence-electron chi connectivity index (χ0n) is 15.0. The molecule has 27 heavy (non-hydrogen) atoms. The van der Waals surface area contributed by atoms with Gasteiger partial charge in [0.1, 0.15) is 6.54 Å². The molecule has 1 N–H and O–H groups in total. The van der Waals surface area contributed by atoms with Gasteiger partial charge in [-0.3, -0.25) is 14.6 Å². The van der Waals surface area contributed by atoms with Crippen molar-refractivity contribution in [3.8, 4) is 5.69 Å². The molecule has 140 valence electrons. The van der Waals surface area contributed by atoms with Crippen molar-refractivity contribution >= 4 is 22.8 Å². The lowest BCUT2D eigenvalue weighted by atomic mass is 10.1. The van der Waals surface area contributed by atoms with Gasteiger partial charge in [0, 0.05) is 25.2 Å². The van der Waals surface area contributed by atoms with E-state index in [2.05, 4.69) is 15.3 Å². The molecule has 0 spiro atoms. The maximum atomic E-state index is 12.8. The van der Waals surface area contributed by atoms with Gasteiger partial charge in [0.25, 0.3) is 5.91 Å². The van der Waals surface area contributed by atoms with E-state index in [4.69, 9.17) is 9.84 Å². The lowest BCUT2D eigenvalue weighted by Gasteiger charge is -2.19. The molecule has 0 aliphatic rings. The van der Waals surface area contributed by atoms with Crippen molar-refractivity contribution in [1.82, 2.24) is 24.9 Å². The summed E-state index contributed by atoms with van der Waals surface area (Å²) < 4.78 is 6.52. The highest BCUT2D eigenvalue weighted by molar-refractivity contribution is 5.95. The largest absolute Gasteiger partial charge is 0.480 e. The number of benzene rings is 1. The van der Waals surface area contributed by atoms with Crippen molar-refractivity contribution in [3.63, 3.8) is 0 Å². The zero-order valence-corrected chi connectivity index (χ0v) is 15.0. The van der Waals surface area contributed by atoms with E-state index < -0.39 is 18.4 Å². The number of methoxy groups -OCH3 is 1. The first-order valence-corrected chi connectivity index (χ1v) is 8.29. The fraction of sp³-hybridized carbons (Fsp3) is 0.278. The average Bonchev–Trinajstić information content (AvgIpc) is 3.05. The Kier molecular flexibility index (Phi) is 5.41. The minimum Gasteiger partial charge on any atom is -0.480 e. The van der Waals surface area contributed by atoms with Crippen LogP contribution in [0.3, 0.4) is 0 Å². The summed E-state index contributed by atoms with van der Waals surface area (Å²) in [4.78, 5) is 29.4. The van der Waals surface area contributed by atoms with Crippen molar-refractivity contribution in [2.45, 2.75) is 6.92 Å². The minimum absolute atomic E-state index is 0.105. The number of hydrogen-bond acceptors (Lipinski definition) is 6. The van der Waals surface area contributed by atoms with Gasteiger partial charge >= 0.3 is 5.97 Å². The fourth-order valence-electron chi connectivity index (χ4n) is 2.79. The fourth-order valence-corrected chi connectivity index (χ4v) is 2.79. The molecule has 1 aromatic carbocycles. The Morgan fingerprint density at radius 3 is 2.81 bits per heavy atom. The van der Waals surface area contributed by atoms with Gasteiger partial charge in [0.15, 0.2) is 5.69 Å². The van der Waals surface area contributed by atoms with Gasteiger partial charge in [-0.25, -0.2) is 4.68 Å². The number of ether oxygens (including phenoxy) is 1. The summed E-state index contributed by atoms with van der Waals surface area (Å²) in [5.41, 5.74) is 2.16. The molecular formula is C18H19N5O4. The van der Waals surface area contributed by atoms with E-state index >= 15 is 0 Å². The Bertz CT molecular complexity index is 980. The summed E-state index contributed by atoms with van der Waals surface area (Å²) in [6.45, 7) is 1.65. The predicted octanol–water partition coefficient (Wildman–Crippen LogP) is 1.30. The van der Waals surface area contributed by atoms with Crippen LogP contribution < -0.4 is 0 Å². The molecule has 0 aliphatic carbocycles. The molecule has 0 unspecified atom stereocenters. The summed E-state index contributed by atoms with van der Waals surface area (Å²) in [5, 5.41) is 18.1. The summed E-state index contributed by atoms with van der Waals surface area (Å²) >= 11 is 0. The monoisotopic (exact) mass is 369 g/mol. The van der Waals surface area contributed by atoms with Crippen molar-refractivity contribution in [3.05, 3.63) is 47.9 Å². The second-order valence-corrected chi connectivity index (χ2v) is 5.90. The van der Waals surface area contributed by atoms with Crippen LogP contribution in [0.4, 0.5) is 0 Å². The van der Waals surface area contributed by atoms with Crippen LogP contribution in [0, 0.1) is 6.92 Å². The highest BCUT2D eigenvalue weighted by atomic mass is 16.5. The molecule has 0 aliphatic heterocycles. The molecule has 0 radical (unpaired) electrons. The van der Waals surface area contributed by atoms with Crippen LogP contribution in [0.25, 0.3) is 16.6 Å². The van der Waals surface area contributed by atoms with Crippen LogP contribution >= 0.6 is 0 Å². The van der Waals surface area contributed by atoms with Gasteiger partial charge in [-0.2, -0.15) is 0 Å². The van der Waals surface area contributed by atoms with Gasteiger partial charge < -0.3 is 14.7 Å². The van der Waals surface area contributed by atoms with Crippen molar-refractivity contribution in [2.75, 3.05) is 26.8 Å². The SMILES string of the molecule is COCCN(CC(=O)O)C(=O)c1nnn(-c2cccc3ncccc23)c1C. The number of hydrogen-bond donors (Lipinski definition) is 1. The van der Waals surface area contributed by atoms with Crippen LogP contribution in [0.15, 0.2) is 36.5 Å². The van der Waals surface area contributed by atoms with Gasteiger partial charge in [0.05, 0.1) is 23.5 Å². The number of carbonyl (C=O) groups excluding carboxylic acids is 1. The Morgan fingerprint density at radius 2 is 2.07 bits per heavy atom. The quantitative estimate of drug-likeness (QED) is 0.668. The Labute approximate surface area is 155 Å². The molecule has 3 aromatic rings. The third-order valence-electron chi connectivity index (χ3n) is 4.13. The number of aliphatic carboxylic acids is 1.